The maximum absolute atomic E-state index is 9.10. The topological polar surface area (TPSA) is 45.9 Å². The smallest absolute Gasteiger partial charge is 0.129 e. The van der Waals surface area contributed by atoms with Crippen LogP contribution in [0.1, 0.15) is 18.4 Å². The van der Waals surface area contributed by atoms with E-state index < -0.39 is 0 Å². The molecule has 112 valence electrons. The minimum atomic E-state index is 0.665. The highest BCUT2D eigenvalue weighted by Crippen LogP contribution is 2.35. The average molecular weight is 300 g/mol. The first-order valence-corrected chi connectivity index (χ1v) is 7.84. The van der Waals surface area contributed by atoms with Gasteiger partial charge < -0.3 is 4.74 Å². The summed E-state index contributed by atoms with van der Waals surface area (Å²) in [6.07, 6.45) is 6.18. The fourth-order valence-electron chi connectivity index (χ4n) is 2.71. The predicted octanol–water partition coefficient (Wildman–Crippen LogP) is 4.56. The van der Waals surface area contributed by atoms with Crippen molar-refractivity contribution in [3.63, 3.8) is 0 Å². The molecule has 1 heterocycles. The van der Waals surface area contributed by atoms with Crippen molar-refractivity contribution < 1.29 is 4.74 Å². The summed E-state index contributed by atoms with van der Waals surface area (Å²) in [6, 6.07) is 16.0. The number of aromatic nitrogens is 1. The van der Waals surface area contributed by atoms with Gasteiger partial charge in [0.25, 0.3) is 0 Å². The molecule has 0 aliphatic heterocycles. The predicted molar refractivity (Wildman–Crippen MR) is 90.1 cm³/mol. The summed E-state index contributed by atoms with van der Waals surface area (Å²) in [4.78, 5) is 4.22. The zero-order chi connectivity index (χ0) is 15.6. The molecule has 1 aliphatic carbocycles. The van der Waals surface area contributed by atoms with Crippen LogP contribution in [0.5, 0.6) is 5.75 Å². The van der Waals surface area contributed by atoms with Gasteiger partial charge in [0, 0.05) is 17.8 Å². The van der Waals surface area contributed by atoms with Crippen LogP contribution in [0.3, 0.4) is 0 Å². The first-order chi connectivity index (χ1) is 11.3. The molecule has 1 fully saturated rings. The van der Waals surface area contributed by atoms with Gasteiger partial charge in [-0.3, -0.25) is 4.98 Å². The molecule has 0 amide bonds. The Morgan fingerprint density at radius 2 is 2.04 bits per heavy atom. The Balaban J connectivity index is 1.81. The second-order valence-electron chi connectivity index (χ2n) is 6.02. The van der Waals surface area contributed by atoms with Gasteiger partial charge in [-0.1, -0.05) is 12.1 Å². The van der Waals surface area contributed by atoms with Crippen LogP contribution in [-0.2, 0) is 0 Å². The molecule has 0 atom stereocenters. The van der Waals surface area contributed by atoms with Crippen LogP contribution in [0.2, 0.25) is 0 Å². The lowest BCUT2D eigenvalue weighted by Gasteiger charge is -2.12. The Kier molecular flexibility index (Phi) is 3.44. The molecule has 0 saturated heterocycles. The van der Waals surface area contributed by atoms with Crippen molar-refractivity contribution in [2.75, 3.05) is 6.61 Å². The molecule has 0 spiro atoms. The average Bonchev–Trinajstić information content (AvgIpc) is 3.44. The largest absolute Gasteiger partial charge is 0.493 e. The summed E-state index contributed by atoms with van der Waals surface area (Å²) in [7, 11) is 0. The maximum atomic E-state index is 9.10. The Bertz CT molecular complexity index is 907. The molecule has 3 nitrogen and oxygen atoms in total. The highest BCUT2D eigenvalue weighted by atomic mass is 16.5. The number of hydrogen-bond donors (Lipinski definition) is 0. The van der Waals surface area contributed by atoms with Crippen LogP contribution < -0.4 is 4.74 Å². The van der Waals surface area contributed by atoms with Crippen LogP contribution in [0, 0.1) is 17.2 Å². The van der Waals surface area contributed by atoms with Crippen LogP contribution in [0.4, 0.5) is 0 Å². The minimum absolute atomic E-state index is 0.665. The molecule has 4 rings (SSSR count). The van der Waals surface area contributed by atoms with E-state index in [1.54, 1.807) is 6.20 Å². The van der Waals surface area contributed by atoms with Crippen LogP contribution >= 0.6 is 0 Å². The number of nitrogens with zero attached hydrogens (tertiary/aromatic N) is 2. The molecule has 23 heavy (non-hydrogen) atoms. The molecule has 0 radical (unpaired) electrons. The standard InChI is InChI=1S/C20H16N2O/c21-11-15-2-1-3-16(8-15)18-9-17-6-7-22-12-19(17)20(10-18)23-13-14-4-5-14/h1-3,6-10,12,14H,4-5,13H2. The van der Waals surface area contributed by atoms with E-state index in [0.717, 1.165) is 34.3 Å². The second kappa shape index (κ2) is 5.73. The van der Waals surface area contributed by atoms with Gasteiger partial charge in [-0.25, -0.2) is 0 Å². The fourth-order valence-corrected chi connectivity index (χ4v) is 2.71. The first kappa shape index (κ1) is 13.8. The van der Waals surface area contributed by atoms with Gasteiger partial charge >= 0.3 is 0 Å². The molecule has 3 aromatic rings. The minimum Gasteiger partial charge on any atom is -0.493 e. The van der Waals surface area contributed by atoms with E-state index in [4.69, 9.17) is 10.00 Å². The Labute approximate surface area is 135 Å². The number of hydrogen-bond acceptors (Lipinski definition) is 3. The molecule has 0 N–H and O–H groups in total. The van der Waals surface area contributed by atoms with Crippen molar-refractivity contribution in [1.82, 2.24) is 4.98 Å². The summed E-state index contributed by atoms with van der Waals surface area (Å²) in [6.45, 7) is 0.770. The van der Waals surface area contributed by atoms with E-state index in [1.165, 1.54) is 12.8 Å². The molecule has 0 unspecified atom stereocenters. The molecule has 1 saturated carbocycles. The molecular weight excluding hydrogens is 284 g/mol. The number of rotatable bonds is 4. The maximum Gasteiger partial charge on any atom is 0.129 e. The summed E-state index contributed by atoms with van der Waals surface area (Å²) in [5.41, 5.74) is 2.75. The Hall–Kier alpha value is -2.86. The molecule has 0 bridgehead atoms. The van der Waals surface area contributed by atoms with Gasteiger partial charge in [0.15, 0.2) is 0 Å². The monoisotopic (exact) mass is 300 g/mol. The molecule has 3 heteroatoms. The summed E-state index contributed by atoms with van der Waals surface area (Å²) < 4.78 is 6.06. The van der Waals surface area contributed by atoms with Gasteiger partial charge in [0.2, 0.25) is 0 Å². The highest BCUT2D eigenvalue weighted by Gasteiger charge is 2.22. The van der Waals surface area contributed by atoms with Gasteiger partial charge in [-0.05, 0) is 65.6 Å². The lowest BCUT2D eigenvalue weighted by molar-refractivity contribution is 0.303. The van der Waals surface area contributed by atoms with Crippen molar-refractivity contribution in [2.45, 2.75) is 12.8 Å². The van der Waals surface area contributed by atoms with E-state index in [0.29, 0.717) is 11.5 Å². The van der Waals surface area contributed by atoms with Crippen molar-refractivity contribution in [3.8, 4) is 22.9 Å². The van der Waals surface area contributed by atoms with E-state index >= 15 is 0 Å². The SMILES string of the molecule is N#Cc1cccc(-c2cc(OCC3CC3)c3cnccc3c2)c1. The van der Waals surface area contributed by atoms with Gasteiger partial charge in [0.1, 0.15) is 5.75 Å². The molecular formula is C20H16N2O. The van der Waals surface area contributed by atoms with Crippen molar-refractivity contribution in [1.29, 1.82) is 5.26 Å². The van der Waals surface area contributed by atoms with Crippen LogP contribution in [-0.4, -0.2) is 11.6 Å². The zero-order valence-corrected chi connectivity index (χ0v) is 12.7. The fraction of sp³-hybridized carbons (Fsp3) is 0.200. The normalized spacial score (nSPS) is 13.7. The van der Waals surface area contributed by atoms with E-state index in [-0.39, 0.29) is 0 Å². The van der Waals surface area contributed by atoms with E-state index in [1.807, 2.05) is 36.5 Å². The number of benzene rings is 2. The first-order valence-electron chi connectivity index (χ1n) is 7.84. The Morgan fingerprint density at radius 1 is 1.13 bits per heavy atom. The lowest BCUT2D eigenvalue weighted by Crippen LogP contribution is -2.00. The Morgan fingerprint density at radius 3 is 2.87 bits per heavy atom. The highest BCUT2D eigenvalue weighted by molar-refractivity contribution is 5.92. The number of ether oxygens (including phenoxy) is 1. The van der Waals surface area contributed by atoms with E-state index in [2.05, 4.69) is 23.2 Å². The third-order valence-corrected chi connectivity index (χ3v) is 4.21. The van der Waals surface area contributed by atoms with Gasteiger partial charge in [-0.2, -0.15) is 5.26 Å². The molecule has 1 aliphatic rings. The number of fused-ring (bicyclic) bond motifs is 1. The number of nitriles is 1. The third-order valence-electron chi connectivity index (χ3n) is 4.21. The van der Waals surface area contributed by atoms with Crippen molar-refractivity contribution in [3.05, 3.63) is 60.4 Å². The second-order valence-corrected chi connectivity index (χ2v) is 6.02. The summed E-state index contributed by atoms with van der Waals surface area (Å²) >= 11 is 0. The van der Waals surface area contributed by atoms with Crippen LogP contribution in [0.25, 0.3) is 21.9 Å². The van der Waals surface area contributed by atoms with Gasteiger partial charge in [0.05, 0.1) is 18.2 Å². The third kappa shape index (κ3) is 2.89. The lowest BCUT2D eigenvalue weighted by atomic mass is 10.00. The van der Waals surface area contributed by atoms with E-state index in [9.17, 15) is 0 Å². The summed E-state index contributed by atoms with van der Waals surface area (Å²) in [5, 5.41) is 11.2. The van der Waals surface area contributed by atoms with Crippen LogP contribution in [0.15, 0.2) is 54.9 Å². The molecule has 2 aromatic carbocycles. The van der Waals surface area contributed by atoms with Gasteiger partial charge in [-0.15, -0.1) is 0 Å². The molecule has 1 aromatic heterocycles. The quantitative estimate of drug-likeness (QED) is 0.709. The summed E-state index contributed by atoms with van der Waals surface area (Å²) in [5.74, 6) is 1.58. The van der Waals surface area contributed by atoms with Crippen molar-refractivity contribution >= 4 is 10.8 Å². The van der Waals surface area contributed by atoms with Crippen molar-refractivity contribution in [2.24, 2.45) is 5.92 Å². The number of pyridine rings is 1. The zero-order valence-electron chi connectivity index (χ0n) is 12.7.